The highest BCUT2D eigenvalue weighted by Crippen LogP contribution is 2.36. The van der Waals surface area contributed by atoms with Crippen molar-refractivity contribution >= 4 is 11.8 Å². The number of rotatable bonds is 14. The number of ether oxygens (including phenoxy) is 1. The summed E-state index contributed by atoms with van der Waals surface area (Å²) in [6.45, 7) is 19.0. The molecule has 1 fully saturated rings. The topological polar surface area (TPSA) is 68.6 Å². The molecule has 3 aromatic rings. The maximum absolute atomic E-state index is 16.0. The first-order chi connectivity index (χ1) is 21.8. The fourth-order valence-corrected chi connectivity index (χ4v) is 6.93. The van der Waals surface area contributed by atoms with Crippen LogP contribution in [0.1, 0.15) is 92.3 Å². The van der Waals surface area contributed by atoms with Gasteiger partial charge in [0.25, 0.3) is 5.56 Å². The van der Waals surface area contributed by atoms with Crippen LogP contribution in [0, 0.1) is 45.3 Å². The molecular weight excluding hydrogens is 579 g/mol. The van der Waals surface area contributed by atoms with Gasteiger partial charge in [-0.05, 0) is 116 Å². The van der Waals surface area contributed by atoms with Crippen LogP contribution in [0.2, 0.25) is 0 Å². The van der Waals surface area contributed by atoms with Crippen LogP contribution in [-0.4, -0.2) is 47.5 Å². The molecule has 2 heterocycles. The number of ketones is 1. The number of esters is 1. The van der Waals surface area contributed by atoms with Gasteiger partial charge in [0.2, 0.25) is 0 Å². The van der Waals surface area contributed by atoms with Gasteiger partial charge in [-0.15, -0.1) is 0 Å². The number of aromatic nitrogens is 1. The van der Waals surface area contributed by atoms with Crippen molar-refractivity contribution in [1.82, 2.24) is 9.47 Å². The number of hydrogen-bond donors (Lipinski definition) is 0. The molecule has 2 aromatic carbocycles. The number of hydrogen-bond acceptors (Lipinski definition) is 5. The number of aryl methyl sites for hydroxylation is 4. The summed E-state index contributed by atoms with van der Waals surface area (Å²) in [4.78, 5) is 43.0. The van der Waals surface area contributed by atoms with Crippen molar-refractivity contribution in [2.45, 2.75) is 93.0 Å². The Labute approximate surface area is 274 Å². The lowest BCUT2D eigenvalue weighted by Gasteiger charge is -2.37. The normalized spacial score (nSPS) is 15.1. The molecule has 0 saturated carbocycles. The number of halogens is 1. The van der Waals surface area contributed by atoms with Crippen molar-refractivity contribution in [2.24, 2.45) is 11.8 Å². The Morgan fingerprint density at radius 3 is 2.26 bits per heavy atom. The van der Waals surface area contributed by atoms with Crippen LogP contribution in [0.5, 0.6) is 0 Å². The smallest absolute Gasteiger partial charge is 0.306 e. The summed E-state index contributed by atoms with van der Waals surface area (Å²) < 4.78 is 22.9. The SMILES string of the molecule is CCOC(=O)C[C@H](CC(=O)C(CC(C)C)n1cc(CCN2CC(C)C2)c(C)cc1=O)c1cc(-c2c(C)cccc2C)cc(C)c1F. The van der Waals surface area contributed by atoms with Gasteiger partial charge in [-0.3, -0.25) is 14.4 Å². The number of carbonyl (C=O) groups is 2. The second-order valence-electron chi connectivity index (χ2n) is 13.8. The van der Waals surface area contributed by atoms with Crippen LogP contribution in [0.15, 0.2) is 47.4 Å². The Morgan fingerprint density at radius 2 is 1.65 bits per heavy atom. The van der Waals surface area contributed by atoms with E-state index < -0.39 is 23.7 Å². The van der Waals surface area contributed by atoms with Crippen LogP contribution < -0.4 is 5.56 Å². The summed E-state index contributed by atoms with van der Waals surface area (Å²) >= 11 is 0. The zero-order chi connectivity index (χ0) is 33.7. The van der Waals surface area contributed by atoms with Crippen molar-refractivity contribution in [3.63, 3.8) is 0 Å². The Hall–Kier alpha value is -3.58. The Morgan fingerprint density at radius 1 is 0.978 bits per heavy atom. The van der Waals surface area contributed by atoms with E-state index in [0.29, 0.717) is 23.5 Å². The molecule has 46 heavy (non-hydrogen) atoms. The minimum Gasteiger partial charge on any atom is -0.466 e. The number of Topliss-reactive ketones (excluding diaryl/α,β-unsaturated/α-hetero) is 1. The zero-order valence-electron chi connectivity index (χ0n) is 28.9. The summed E-state index contributed by atoms with van der Waals surface area (Å²) in [6.07, 6.45) is 2.88. The van der Waals surface area contributed by atoms with Gasteiger partial charge in [-0.2, -0.15) is 0 Å². The number of pyridine rings is 1. The monoisotopic (exact) mass is 630 g/mol. The molecule has 1 aliphatic rings. The van der Waals surface area contributed by atoms with Crippen LogP contribution >= 0.6 is 0 Å². The van der Waals surface area contributed by atoms with Gasteiger partial charge >= 0.3 is 5.97 Å². The average molecular weight is 631 g/mol. The predicted octanol–water partition coefficient (Wildman–Crippen LogP) is 7.67. The molecular formula is C39H51FN2O4. The van der Waals surface area contributed by atoms with E-state index in [1.54, 1.807) is 30.5 Å². The van der Waals surface area contributed by atoms with E-state index in [4.69, 9.17) is 4.74 Å². The quantitative estimate of drug-likeness (QED) is 0.171. The lowest BCUT2D eigenvalue weighted by Crippen LogP contribution is -2.45. The molecule has 4 rings (SSSR count). The van der Waals surface area contributed by atoms with Gasteiger partial charge in [-0.25, -0.2) is 4.39 Å². The summed E-state index contributed by atoms with van der Waals surface area (Å²) in [5.41, 5.74) is 6.50. The first-order valence-corrected chi connectivity index (χ1v) is 16.8. The third-order valence-corrected chi connectivity index (χ3v) is 9.29. The fourth-order valence-electron chi connectivity index (χ4n) is 6.93. The Kier molecular flexibility index (Phi) is 11.8. The van der Waals surface area contributed by atoms with Gasteiger partial charge < -0.3 is 14.2 Å². The van der Waals surface area contributed by atoms with Crippen LogP contribution in [0.4, 0.5) is 4.39 Å². The van der Waals surface area contributed by atoms with Gasteiger partial charge in [-0.1, -0.05) is 39.0 Å². The largest absolute Gasteiger partial charge is 0.466 e. The van der Waals surface area contributed by atoms with E-state index in [9.17, 15) is 14.4 Å². The molecule has 0 spiro atoms. The molecule has 1 unspecified atom stereocenters. The van der Waals surface area contributed by atoms with Gasteiger partial charge in [0, 0.05) is 44.2 Å². The molecule has 0 amide bonds. The molecule has 248 valence electrons. The molecule has 6 nitrogen and oxygen atoms in total. The van der Waals surface area contributed by atoms with E-state index in [-0.39, 0.29) is 36.7 Å². The lowest BCUT2D eigenvalue weighted by atomic mass is 9.84. The first kappa shape index (κ1) is 35.3. The third kappa shape index (κ3) is 8.41. The van der Waals surface area contributed by atoms with Crippen molar-refractivity contribution in [3.8, 4) is 11.1 Å². The van der Waals surface area contributed by atoms with Crippen LogP contribution in [0.3, 0.4) is 0 Å². The number of benzene rings is 2. The molecule has 0 N–H and O–H groups in total. The van der Waals surface area contributed by atoms with Crippen molar-refractivity contribution in [1.29, 1.82) is 0 Å². The highest BCUT2D eigenvalue weighted by molar-refractivity contribution is 5.84. The minimum atomic E-state index is -0.752. The van der Waals surface area contributed by atoms with E-state index in [2.05, 4.69) is 11.8 Å². The molecule has 0 aliphatic carbocycles. The lowest BCUT2D eigenvalue weighted by molar-refractivity contribution is -0.143. The van der Waals surface area contributed by atoms with Crippen molar-refractivity contribution < 1.29 is 18.7 Å². The zero-order valence-corrected chi connectivity index (χ0v) is 28.9. The number of carbonyl (C=O) groups excluding carboxylic acids is 2. The standard InChI is InChI=1S/C39H51FN2O4/c1-9-46-37(45)20-31(33-18-32(16-29(8)39(33)40)38-26(5)11-10-12-27(38)6)19-35(43)34(15-24(2)3)42-23-30(28(7)17-36(42)44)13-14-41-21-25(4)22-41/h10-12,16-18,23-25,31,34H,9,13-15,19-22H2,1-8H3/t31-,34?/m0/s1. The molecule has 1 aliphatic heterocycles. The highest BCUT2D eigenvalue weighted by Gasteiger charge is 2.31. The number of likely N-dealkylation sites (tertiary alicyclic amines) is 1. The molecule has 2 atom stereocenters. The second kappa shape index (κ2) is 15.3. The second-order valence-corrected chi connectivity index (χ2v) is 13.8. The highest BCUT2D eigenvalue weighted by atomic mass is 19.1. The van der Waals surface area contributed by atoms with Crippen LogP contribution in [-0.2, 0) is 20.7 Å². The first-order valence-electron chi connectivity index (χ1n) is 16.8. The number of nitrogens with zero attached hydrogens (tertiary/aromatic N) is 2. The third-order valence-electron chi connectivity index (χ3n) is 9.29. The van der Waals surface area contributed by atoms with E-state index in [1.807, 2.05) is 65.1 Å². The summed E-state index contributed by atoms with van der Waals surface area (Å²) in [6, 6.07) is 10.6. The van der Waals surface area contributed by atoms with E-state index >= 15 is 4.39 Å². The molecule has 1 aromatic heterocycles. The summed E-state index contributed by atoms with van der Waals surface area (Å²) in [5.74, 6) is -1.01. The summed E-state index contributed by atoms with van der Waals surface area (Å²) in [5, 5.41) is 0. The maximum atomic E-state index is 16.0. The maximum Gasteiger partial charge on any atom is 0.306 e. The minimum absolute atomic E-state index is 0.0932. The van der Waals surface area contributed by atoms with Crippen LogP contribution in [0.25, 0.3) is 11.1 Å². The van der Waals surface area contributed by atoms with Gasteiger partial charge in [0.15, 0.2) is 5.78 Å². The average Bonchev–Trinajstić information content (AvgIpc) is 2.95. The van der Waals surface area contributed by atoms with E-state index in [0.717, 1.165) is 59.4 Å². The molecule has 1 saturated heterocycles. The van der Waals surface area contributed by atoms with Crippen molar-refractivity contribution in [2.75, 3.05) is 26.2 Å². The molecule has 0 radical (unpaired) electrons. The fraction of sp³-hybridized carbons (Fsp3) is 0.513. The Bertz CT molecular complexity index is 1600. The summed E-state index contributed by atoms with van der Waals surface area (Å²) in [7, 11) is 0. The molecule has 0 bridgehead atoms. The molecule has 7 heteroatoms. The Balaban J connectivity index is 1.73. The van der Waals surface area contributed by atoms with Crippen molar-refractivity contribution in [3.05, 3.63) is 92.1 Å². The van der Waals surface area contributed by atoms with Gasteiger partial charge in [0.1, 0.15) is 5.82 Å². The predicted molar refractivity (Wildman–Crippen MR) is 183 cm³/mol. The van der Waals surface area contributed by atoms with E-state index in [1.165, 1.54) is 0 Å². The van der Waals surface area contributed by atoms with Gasteiger partial charge in [0.05, 0.1) is 19.1 Å².